The van der Waals surface area contributed by atoms with E-state index in [2.05, 4.69) is 9.36 Å². The summed E-state index contributed by atoms with van der Waals surface area (Å²) >= 11 is 6.91. The van der Waals surface area contributed by atoms with Crippen LogP contribution in [-0.4, -0.2) is 14.5 Å². The molecule has 1 N–H and O–H groups in total. The molecule has 0 saturated heterocycles. The number of aliphatic hydroxyl groups is 1. The van der Waals surface area contributed by atoms with Gasteiger partial charge in [-0.05, 0) is 23.7 Å². The van der Waals surface area contributed by atoms with Crippen molar-refractivity contribution in [2.24, 2.45) is 0 Å². The summed E-state index contributed by atoms with van der Waals surface area (Å²) in [7, 11) is 0. The van der Waals surface area contributed by atoms with Crippen molar-refractivity contribution in [3.8, 4) is 0 Å². The summed E-state index contributed by atoms with van der Waals surface area (Å²) in [5.74, 6) is 0. The lowest BCUT2D eigenvalue weighted by molar-refractivity contribution is 0.223. The number of halogens is 1. The summed E-state index contributed by atoms with van der Waals surface area (Å²) in [6.07, 6.45) is 2.56. The van der Waals surface area contributed by atoms with Crippen molar-refractivity contribution in [3.05, 3.63) is 46.2 Å². The van der Waals surface area contributed by atoms with Crippen LogP contribution in [0.1, 0.15) is 16.5 Å². The van der Waals surface area contributed by atoms with Gasteiger partial charge in [-0.3, -0.25) is 0 Å². The van der Waals surface area contributed by atoms with Crippen molar-refractivity contribution >= 4 is 23.1 Å². The Morgan fingerprint density at radius 2 is 2.21 bits per heavy atom. The van der Waals surface area contributed by atoms with Gasteiger partial charge in [0, 0.05) is 18.0 Å². The van der Waals surface area contributed by atoms with Gasteiger partial charge in [0.05, 0.1) is 4.88 Å². The van der Waals surface area contributed by atoms with Gasteiger partial charge in [0.1, 0.15) is 11.3 Å². The largest absolute Gasteiger partial charge is 0.383 e. The molecule has 0 spiro atoms. The van der Waals surface area contributed by atoms with Crippen LogP contribution < -0.4 is 0 Å². The summed E-state index contributed by atoms with van der Waals surface area (Å²) in [5, 5.41) is 10.3. The van der Waals surface area contributed by atoms with E-state index in [0.29, 0.717) is 5.15 Å². The second-order valence-corrected chi connectivity index (χ2v) is 3.98. The molecule has 5 heteroatoms. The highest BCUT2D eigenvalue weighted by Crippen LogP contribution is 2.24. The van der Waals surface area contributed by atoms with Crippen LogP contribution in [-0.2, 0) is 0 Å². The van der Waals surface area contributed by atoms with E-state index in [-0.39, 0.29) is 0 Å². The molecular formula is C9H7ClN2OS. The fourth-order valence-electron chi connectivity index (χ4n) is 1.08. The van der Waals surface area contributed by atoms with Gasteiger partial charge < -0.3 is 5.11 Å². The first-order valence-electron chi connectivity index (χ1n) is 3.97. The van der Waals surface area contributed by atoms with Crippen LogP contribution in [0.2, 0.25) is 5.15 Å². The van der Waals surface area contributed by atoms with E-state index in [9.17, 15) is 5.11 Å². The molecule has 2 rings (SSSR count). The van der Waals surface area contributed by atoms with Crippen LogP contribution in [0.15, 0.2) is 30.6 Å². The van der Waals surface area contributed by atoms with Crippen LogP contribution in [0.3, 0.4) is 0 Å². The molecule has 0 radical (unpaired) electrons. The standard InChI is InChI=1S/C9H7ClN2OS/c10-8-2-1-6(5-11-8)9(13)7-3-4-12-14-7/h1-5,9,13H. The molecule has 0 aromatic carbocycles. The van der Waals surface area contributed by atoms with Crippen molar-refractivity contribution in [2.45, 2.75) is 6.10 Å². The van der Waals surface area contributed by atoms with Crippen molar-refractivity contribution in [1.29, 1.82) is 0 Å². The first-order chi connectivity index (χ1) is 6.77. The summed E-state index contributed by atoms with van der Waals surface area (Å²) in [4.78, 5) is 4.70. The van der Waals surface area contributed by atoms with Crippen molar-refractivity contribution in [3.63, 3.8) is 0 Å². The summed E-state index contributed by atoms with van der Waals surface area (Å²) < 4.78 is 3.92. The SMILES string of the molecule is OC(c1ccc(Cl)nc1)c1ccns1. The van der Waals surface area contributed by atoms with E-state index in [1.807, 2.05) is 0 Å². The molecule has 0 aliphatic heterocycles. The predicted octanol–water partition coefficient (Wildman–Crippen LogP) is 2.27. The Labute approximate surface area is 90.2 Å². The van der Waals surface area contributed by atoms with Gasteiger partial charge in [-0.2, -0.15) is 0 Å². The number of hydrogen-bond donors (Lipinski definition) is 1. The molecule has 0 bridgehead atoms. The van der Waals surface area contributed by atoms with E-state index < -0.39 is 6.10 Å². The molecule has 2 aromatic heterocycles. The maximum absolute atomic E-state index is 9.86. The van der Waals surface area contributed by atoms with Gasteiger partial charge in [-0.15, -0.1) is 0 Å². The molecular weight excluding hydrogens is 220 g/mol. The lowest BCUT2D eigenvalue weighted by Gasteiger charge is -2.06. The molecule has 2 aromatic rings. The molecule has 0 amide bonds. The normalized spacial score (nSPS) is 12.7. The minimum atomic E-state index is -0.660. The number of rotatable bonds is 2. The number of aliphatic hydroxyl groups excluding tert-OH is 1. The van der Waals surface area contributed by atoms with E-state index >= 15 is 0 Å². The minimum absolute atomic E-state index is 0.422. The first-order valence-corrected chi connectivity index (χ1v) is 5.12. The third kappa shape index (κ3) is 1.92. The van der Waals surface area contributed by atoms with Gasteiger partial charge in [0.25, 0.3) is 0 Å². The zero-order chi connectivity index (χ0) is 9.97. The van der Waals surface area contributed by atoms with E-state index in [0.717, 1.165) is 10.4 Å². The monoisotopic (exact) mass is 226 g/mol. The highest BCUT2D eigenvalue weighted by atomic mass is 35.5. The van der Waals surface area contributed by atoms with E-state index in [1.165, 1.54) is 11.5 Å². The highest BCUT2D eigenvalue weighted by Gasteiger charge is 2.11. The Hall–Kier alpha value is -0.970. The lowest BCUT2D eigenvalue weighted by atomic mass is 10.1. The van der Waals surface area contributed by atoms with E-state index in [4.69, 9.17) is 11.6 Å². The molecule has 3 nitrogen and oxygen atoms in total. The Balaban J connectivity index is 2.28. The van der Waals surface area contributed by atoms with Crippen LogP contribution in [0.4, 0.5) is 0 Å². The zero-order valence-electron chi connectivity index (χ0n) is 7.09. The van der Waals surface area contributed by atoms with Crippen molar-refractivity contribution in [2.75, 3.05) is 0 Å². The molecule has 0 fully saturated rings. The quantitative estimate of drug-likeness (QED) is 0.800. The molecule has 0 saturated carbocycles. The van der Waals surface area contributed by atoms with Crippen molar-refractivity contribution < 1.29 is 5.11 Å². The molecule has 0 aliphatic rings. The average molecular weight is 227 g/mol. The second-order valence-electron chi connectivity index (χ2n) is 2.73. The minimum Gasteiger partial charge on any atom is -0.383 e. The van der Waals surface area contributed by atoms with Crippen LogP contribution in [0.25, 0.3) is 0 Å². The maximum Gasteiger partial charge on any atom is 0.129 e. The van der Waals surface area contributed by atoms with Crippen LogP contribution >= 0.6 is 23.1 Å². The maximum atomic E-state index is 9.86. The van der Waals surface area contributed by atoms with Crippen molar-refractivity contribution in [1.82, 2.24) is 9.36 Å². The van der Waals surface area contributed by atoms with Gasteiger partial charge in [-0.25, -0.2) is 9.36 Å². The molecule has 14 heavy (non-hydrogen) atoms. The lowest BCUT2D eigenvalue weighted by Crippen LogP contribution is -1.97. The number of aromatic nitrogens is 2. The van der Waals surface area contributed by atoms with Gasteiger partial charge in [0.2, 0.25) is 0 Å². The Morgan fingerprint density at radius 3 is 2.79 bits per heavy atom. The summed E-state index contributed by atoms with van der Waals surface area (Å²) in [5.41, 5.74) is 0.721. The topological polar surface area (TPSA) is 46.0 Å². The Bertz CT molecular complexity index is 401. The fraction of sp³-hybridized carbons (Fsp3) is 0.111. The molecule has 1 unspecified atom stereocenters. The fourth-order valence-corrected chi connectivity index (χ4v) is 1.79. The van der Waals surface area contributed by atoms with Gasteiger partial charge in [0.15, 0.2) is 0 Å². The second kappa shape index (κ2) is 4.04. The van der Waals surface area contributed by atoms with E-state index in [1.54, 1.807) is 30.6 Å². The predicted molar refractivity (Wildman–Crippen MR) is 55.4 cm³/mol. The third-order valence-corrected chi connectivity index (χ3v) is 2.81. The third-order valence-electron chi connectivity index (χ3n) is 1.79. The first kappa shape index (κ1) is 9.58. The van der Waals surface area contributed by atoms with Gasteiger partial charge >= 0.3 is 0 Å². The molecule has 1 atom stereocenters. The average Bonchev–Trinajstić information content (AvgIpc) is 2.71. The molecule has 0 aliphatic carbocycles. The van der Waals surface area contributed by atoms with Crippen LogP contribution in [0, 0.1) is 0 Å². The van der Waals surface area contributed by atoms with Gasteiger partial charge in [-0.1, -0.05) is 17.7 Å². The van der Waals surface area contributed by atoms with Crippen LogP contribution in [0.5, 0.6) is 0 Å². The smallest absolute Gasteiger partial charge is 0.129 e. The zero-order valence-corrected chi connectivity index (χ0v) is 8.66. The Morgan fingerprint density at radius 1 is 1.36 bits per heavy atom. The Kier molecular flexibility index (Phi) is 2.77. The number of pyridine rings is 1. The number of hydrogen-bond acceptors (Lipinski definition) is 4. The molecule has 72 valence electrons. The summed E-state index contributed by atoms with van der Waals surface area (Å²) in [6, 6.07) is 5.19. The molecule has 2 heterocycles. The number of nitrogens with zero attached hydrogens (tertiary/aromatic N) is 2. The summed E-state index contributed by atoms with van der Waals surface area (Å²) in [6.45, 7) is 0. The highest BCUT2D eigenvalue weighted by molar-refractivity contribution is 7.05.